The average Bonchev–Trinajstić information content (AvgIpc) is 2.76. The standard InChI is InChI=1S/C25H37N5O2/c1-16(2)22-21(26)23(17(3)4)29-25(28-22)32-18(5)24(31)27-20-11-13-30(14-12-20)15-19-9-7-6-8-10-19/h6-10,16-18,20H,11-15,26H2,1-5H3,(H,27,31). The molecule has 0 spiro atoms. The quantitative estimate of drug-likeness (QED) is 0.649. The molecule has 1 unspecified atom stereocenters. The van der Waals surface area contributed by atoms with Crippen LogP contribution in [-0.2, 0) is 11.3 Å². The molecule has 1 fully saturated rings. The lowest BCUT2D eigenvalue weighted by molar-refractivity contribution is -0.128. The van der Waals surface area contributed by atoms with Gasteiger partial charge in [0.1, 0.15) is 0 Å². The zero-order valence-corrected chi connectivity index (χ0v) is 20.0. The molecular formula is C25H37N5O2. The van der Waals surface area contributed by atoms with E-state index in [1.807, 2.05) is 33.8 Å². The van der Waals surface area contributed by atoms with Crippen molar-refractivity contribution in [2.75, 3.05) is 18.8 Å². The number of nitrogens with one attached hydrogen (secondary N) is 1. The molecule has 1 aliphatic rings. The zero-order valence-electron chi connectivity index (χ0n) is 20.0. The molecule has 1 atom stereocenters. The van der Waals surface area contributed by atoms with Crippen LogP contribution >= 0.6 is 0 Å². The maximum absolute atomic E-state index is 12.8. The molecule has 2 aromatic rings. The van der Waals surface area contributed by atoms with Gasteiger partial charge in [0.2, 0.25) is 0 Å². The second kappa shape index (κ2) is 10.8. The van der Waals surface area contributed by atoms with Crippen molar-refractivity contribution in [3.05, 3.63) is 47.3 Å². The Bertz CT molecular complexity index is 863. The molecule has 1 amide bonds. The molecule has 0 radical (unpaired) electrons. The average molecular weight is 440 g/mol. The summed E-state index contributed by atoms with van der Waals surface area (Å²) in [6.07, 6.45) is 1.18. The third kappa shape index (κ3) is 6.19. The number of nitrogens with two attached hydrogens (primary N) is 1. The van der Waals surface area contributed by atoms with Crippen molar-refractivity contribution in [2.45, 2.75) is 78.0 Å². The molecule has 1 aliphatic heterocycles. The van der Waals surface area contributed by atoms with Crippen LogP contribution in [0, 0.1) is 0 Å². The first kappa shape index (κ1) is 24.0. The fourth-order valence-electron chi connectivity index (χ4n) is 4.02. The summed E-state index contributed by atoms with van der Waals surface area (Å²) in [6, 6.07) is 10.9. The van der Waals surface area contributed by atoms with Crippen molar-refractivity contribution in [1.82, 2.24) is 20.2 Å². The van der Waals surface area contributed by atoms with E-state index in [-0.39, 0.29) is 29.8 Å². The number of ether oxygens (including phenoxy) is 1. The molecule has 174 valence electrons. The first-order chi connectivity index (χ1) is 15.2. The summed E-state index contributed by atoms with van der Waals surface area (Å²) in [4.78, 5) is 24.2. The summed E-state index contributed by atoms with van der Waals surface area (Å²) >= 11 is 0. The molecule has 0 saturated carbocycles. The van der Waals surface area contributed by atoms with E-state index in [1.165, 1.54) is 5.56 Å². The Kier molecular flexibility index (Phi) is 8.07. The van der Waals surface area contributed by atoms with E-state index in [0.29, 0.717) is 5.69 Å². The van der Waals surface area contributed by atoms with E-state index in [9.17, 15) is 4.79 Å². The van der Waals surface area contributed by atoms with Gasteiger partial charge in [0.15, 0.2) is 6.10 Å². The number of likely N-dealkylation sites (tertiary alicyclic amines) is 1. The van der Waals surface area contributed by atoms with Crippen LogP contribution in [0.4, 0.5) is 5.69 Å². The summed E-state index contributed by atoms with van der Waals surface area (Å²) in [6.45, 7) is 12.8. The lowest BCUT2D eigenvalue weighted by atomic mass is 10.0. The highest BCUT2D eigenvalue weighted by Crippen LogP contribution is 2.29. The van der Waals surface area contributed by atoms with Crippen LogP contribution in [0.3, 0.4) is 0 Å². The topological polar surface area (TPSA) is 93.4 Å². The van der Waals surface area contributed by atoms with Gasteiger partial charge in [-0.3, -0.25) is 9.69 Å². The molecule has 2 heterocycles. The van der Waals surface area contributed by atoms with Gasteiger partial charge in [-0.1, -0.05) is 58.0 Å². The molecular weight excluding hydrogens is 402 g/mol. The number of rotatable bonds is 8. The minimum atomic E-state index is -0.680. The smallest absolute Gasteiger partial charge is 0.317 e. The van der Waals surface area contributed by atoms with Gasteiger partial charge >= 0.3 is 6.01 Å². The van der Waals surface area contributed by atoms with E-state index >= 15 is 0 Å². The first-order valence-electron chi connectivity index (χ1n) is 11.6. The number of hydrogen-bond donors (Lipinski definition) is 2. The van der Waals surface area contributed by atoms with E-state index < -0.39 is 6.10 Å². The predicted molar refractivity (Wildman–Crippen MR) is 128 cm³/mol. The summed E-state index contributed by atoms with van der Waals surface area (Å²) in [5, 5.41) is 3.14. The van der Waals surface area contributed by atoms with Gasteiger partial charge in [-0.25, -0.2) is 0 Å². The number of nitrogens with zero attached hydrogens (tertiary/aromatic N) is 3. The minimum Gasteiger partial charge on any atom is -0.450 e. The second-order valence-electron chi connectivity index (χ2n) is 9.30. The number of amides is 1. The molecule has 1 saturated heterocycles. The van der Waals surface area contributed by atoms with Gasteiger partial charge in [0, 0.05) is 25.7 Å². The van der Waals surface area contributed by atoms with Crippen LogP contribution in [0.5, 0.6) is 6.01 Å². The van der Waals surface area contributed by atoms with Crippen molar-refractivity contribution < 1.29 is 9.53 Å². The highest BCUT2D eigenvalue weighted by atomic mass is 16.5. The lowest BCUT2D eigenvalue weighted by Gasteiger charge is -2.32. The van der Waals surface area contributed by atoms with E-state index in [0.717, 1.165) is 43.9 Å². The highest BCUT2D eigenvalue weighted by Gasteiger charge is 2.25. The summed E-state index contributed by atoms with van der Waals surface area (Å²) in [7, 11) is 0. The van der Waals surface area contributed by atoms with Gasteiger partial charge in [0.05, 0.1) is 17.1 Å². The van der Waals surface area contributed by atoms with Crippen molar-refractivity contribution in [1.29, 1.82) is 0 Å². The summed E-state index contributed by atoms with van der Waals surface area (Å²) in [5.74, 6) is 0.148. The van der Waals surface area contributed by atoms with Gasteiger partial charge < -0.3 is 15.8 Å². The van der Waals surface area contributed by atoms with Crippen molar-refractivity contribution in [3.8, 4) is 6.01 Å². The van der Waals surface area contributed by atoms with Crippen LogP contribution in [0.15, 0.2) is 30.3 Å². The largest absolute Gasteiger partial charge is 0.450 e. The lowest BCUT2D eigenvalue weighted by Crippen LogP contribution is -2.48. The minimum absolute atomic E-state index is 0.135. The fourth-order valence-corrected chi connectivity index (χ4v) is 4.02. The van der Waals surface area contributed by atoms with Crippen LogP contribution in [0.2, 0.25) is 0 Å². The van der Waals surface area contributed by atoms with Crippen LogP contribution < -0.4 is 15.8 Å². The molecule has 7 nitrogen and oxygen atoms in total. The zero-order chi connectivity index (χ0) is 23.3. The summed E-state index contributed by atoms with van der Waals surface area (Å²) < 4.78 is 5.85. The molecule has 3 rings (SSSR count). The number of carbonyl (C=O) groups excluding carboxylic acids is 1. The Morgan fingerprint density at radius 2 is 1.62 bits per heavy atom. The van der Waals surface area contributed by atoms with Crippen molar-refractivity contribution >= 4 is 11.6 Å². The third-order valence-corrected chi connectivity index (χ3v) is 5.91. The molecule has 7 heteroatoms. The Labute approximate surface area is 191 Å². The number of aromatic nitrogens is 2. The molecule has 3 N–H and O–H groups in total. The Balaban J connectivity index is 1.54. The Morgan fingerprint density at radius 1 is 1.06 bits per heavy atom. The van der Waals surface area contributed by atoms with Crippen molar-refractivity contribution in [2.24, 2.45) is 0 Å². The molecule has 1 aromatic carbocycles. The number of piperidine rings is 1. The van der Waals surface area contributed by atoms with Crippen LogP contribution in [-0.4, -0.2) is 46.0 Å². The Morgan fingerprint density at radius 3 is 2.16 bits per heavy atom. The Hall–Kier alpha value is -2.67. The monoisotopic (exact) mass is 439 g/mol. The van der Waals surface area contributed by atoms with E-state index in [2.05, 4.69) is 44.5 Å². The third-order valence-electron chi connectivity index (χ3n) is 5.91. The highest BCUT2D eigenvalue weighted by molar-refractivity contribution is 5.80. The predicted octanol–water partition coefficient (Wildman–Crippen LogP) is 3.85. The van der Waals surface area contributed by atoms with Gasteiger partial charge in [-0.15, -0.1) is 0 Å². The number of hydrogen-bond acceptors (Lipinski definition) is 6. The molecule has 0 bridgehead atoms. The van der Waals surface area contributed by atoms with E-state index in [1.54, 1.807) is 6.92 Å². The SMILES string of the molecule is CC(Oc1nc(C(C)C)c(N)c(C(C)C)n1)C(=O)NC1CCN(Cc2ccccc2)CC1. The van der Waals surface area contributed by atoms with Gasteiger partial charge in [0.25, 0.3) is 5.91 Å². The number of benzene rings is 1. The second-order valence-corrected chi connectivity index (χ2v) is 9.30. The van der Waals surface area contributed by atoms with Crippen LogP contribution in [0.1, 0.15) is 76.2 Å². The summed E-state index contributed by atoms with van der Waals surface area (Å²) in [5.41, 5.74) is 9.72. The van der Waals surface area contributed by atoms with Gasteiger partial charge in [-0.05, 0) is 37.2 Å². The first-order valence-corrected chi connectivity index (χ1v) is 11.6. The van der Waals surface area contributed by atoms with Gasteiger partial charge in [-0.2, -0.15) is 9.97 Å². The normalized spacial score (nSPS) is 16.3. The molecule has 0 aliphatic carbocycles. The number of carbonyl (C=O) groups is 1. The molecule has 1 aromatic heterocycles. The fraction of sp³-hybridized carbons (Fsp3) is 0.560. The number of nitrogen functional groups attached to an aromatic ring is 1. The molecule has 32 heavy (non-hydrogen) atoms. The van der Waals surface area contributed by atoms with Crippen molar-refractivity contribution in [3.63, 3.8) is 0 Å². The van der Waals surface area contributed by atoms with E-state index in [4.69, 9.17) is 10.5 Å². The maximum Gasteiger partial charge on any atom is 0.317 e. The van der Waals surface area contributed by atoms with Crippen LogP contribution in [0.25, 0.3) is 0 Å². The number of anilines is 1. The maximum atomic E-state index is 12.8.